The Bertz CT molecular complexity index is 576. The molecular formula is C18H25IN2O. The van der Waals surface area contributed by atoms with Crippen LogP contribution in [0.2, 0.25) is 0 Å². The molecule has 0 aromatic heterocycles. The average molecular weight is 412 g/mol. The second-order valence-electron chi connectivity index (χ2n) is 6.14. The van der Waals surface area contributed by atoms with Crippen LogP contribution in [-0.2, 0) is 4.79 Å². The number of carbonyl (C=O) groups excluding carboxylic acids is 1. The molecule has 4 heteroatoms. The lowest BCUT2D eigenvalue weighted by atomic mass is 9.86. The number of rotatable bonds is 4. The van der Waals surface area contributed by atoms with Crippen LogP contribution in [0, 0.1) is 5.41 Å². The fourth-order valence-electron chi connectivity index (χ4n) is 2.86. The molecule has 0 saturated heterocycles. The van der Waals surface area contributed by atoms with Gasteiger partial charge in [0.15, 0.2) is 5.71 Å². The molecule has 1 amide bonds. The molecule has 0 spiro atoms. The number of amides is 1. The molecule has 0 bridgehead atoms. The van der Waals surface area contributed by atoms with Gasteiger partial charge in [-0.05, 0) is 32.9 Å². The first-order valence-corrected chi connectivity index (χ1v) is 7.61. The molecule has 0 N–H and O–H groups in total. The van der Waals surface area contributed by atoms with E-state index in [-0.39, 0.29) is 35.3 Å². The fraction of sp³-hybridized carbons (Fsp3) is 0.444. The van der Waals surface area contributed by atoms with Gasteiger partial charge < -0.3 is 24.0 Å². The second-order valence-corrected chi connectivity index (χ2v) is 6.14. The third-order valence-electron chi connectivity index (χ3n) is 4.18. The highest BCUT2D eigenvalue weighted by atomic mass is 127. The largest absolute Gasteiger partial charge is 1.00 e. The lowest BCUT2D eigenvalue weighted by Gasteiger charge is -2.18. The highest BCUT2D eigenvalue weighted by molar-refractivity contribution is 5.99. The third-order valence-corrected chi connectivity index (χ3v) is 4.18. The Balaban J connectivity index is 0.00000242. The number of carbonyl (C=O) groups is 1. The minimum absolute atomic E-state index is 0. The Labute approximate surface area is 150 Å². The van der Waals surface area contributed by atoms with E-state index in [1.807, 2.05) is 36.5 Å². The summed E-state index contributed by atoms with van der Waals surface area (Å²) in [5.74, 6) is 0.0249. The van der Waals surface area contributed by atoms with Gasteiger partial charge in [-0.1, -0.05) is 18.2 Å². The maximum atomic E-state index is 11.9. The van der Waals surface area contributed by atoms with Crippen LogP contribution in [0.4, 0.5) is 5.69 Å². The summed E-state index contributed by atoms with van der Waals surface area (Å²) in [5.41, 5.74) is 2.39. The van der Waals surface area contributed by atoms with Crippen molar-refractivity contribution in [3.05, 3.63) is 42.6 Å². The topological polar surface area (TPSA) is 23.3 Å². The van der Waals surface area contributed by atoms with E-state index >= 15 is 0 Å². The van der Waals surface area contributed by atoms with Crippen LogP contribution >= 0.6 is 0 Å². The molecule has 22 heavy (non-hydrogen) atoms. The molecule has 1 aromatic rings. The van der Waals surface area contributed by atoms with Crippen LogP contribution in [0.15, 0.2) is 42.6 Å². The monoisotopic (exact) mass is 412 g/mol. The van der Waals surface area contributed by atoms with E-state index in [2.05, 4.69) is 31.4 Å². The van der Waals surface area contributed by atoms with Gasteiger partial charge in [0.2, 0.25) is 5.91 Å². The predicted molar refractivity (Wildman–Crippen MR) is 87.8 cm³/mol. The number of benzene rings is 1. The van der Waals surface area contributed by atoms with E-state index in [1.165, 1.54) is 5.71 Å². The molecule has 1 heterocycles. The van der Waals surface area contributed by atoms with Gasteiger partial charge in [0.05, 0.1) is 5.41 Å². The molecule has 0 unspecified atom stereocenters. The van der Waals surface area contributed by atoms with Crippen molar-refractivity contribution in [1.29, 1.82) is 0 Å². The Morgan fingerprint density at radius 2 is 1.95 bits per heavy atom. The van der Waals surface area contributed by atoms with Crippen molar-refractivity contribution in [1.82, 2.24) is 0 Å². The van der Waals surface area contributed by atoms with E-state index in [4.69, 9.17) is 0 Å². The summed E-state index contributed by atoms with van der Waals surface area (Å²) in [4.78, 5) is 13.6. The van der Waals surface area contributed by atoms with Gasteiger partial charge in [0.25, 0.3) is 0 Å². The van der Waals surface area contributed by atoms with Crippen LogP contribution < -0.4 is 28.9 Å². The van der Waals surface area contributed by atoms with Crippen LogP contribution in [0.1, 0.15) is 34.1 Å². The van der Waals surface area contributed by atoms with Crippen molar-refractivity contribution >= 4 is 17.3 Å². The minimum atomic E-state index is 0. The molecule has 0 radical (unpaired) electrons. The number of para-hydroxylation sites is 1. The van der Waals surface area contributed by atoms with Crippen LogP contribution in [0.3, 0.4) is 0 Å². The maximum Gasteiger partial charge on any atom is 0.227 e. The van der Waals surface area contributed by atoms with Gasteiger partial charge in [-0.15, -0.1) is 0 Å². The second kappa shape index (κ2) is 7.90. The van der Waals surface area contributed by atoms with E-state index in [0.717, 1.165) is 25.2 Å². The first-order valence-electron chi connectivity index (χ1n) is 7.61. The van der Waals surface area contributed by atoms with Crippen molar-refractivity contribution in [2.75, 3.05) is 18.0 Å². The minimum Gasteiger partial charge on any atom is -1.00 e. The first-order chi connectivity index (χ1) is 9.95. The molecule has 120 valence electrons. The van der Waals surface area contributed by atoms with Crippen LogP contribution in [0.25, 0.3) is 0 Å². The fourth-order valence-corrected chi connectivity index (χ4v) is 2.86. The highest BCUT2D eigenvalue weighted by Crippen LogP contribution is 2.28. The summed E-state index contributed by atoms with van der Waals surface area (Å²) in [6.07, 6.45) is 5.17. The van der Waals surface area contributed by atoms with E-state index in [1.54, 1.807) is 11.8 Å². The summed E-state index contributed by atoms with van der Waals surface area (Å²) >= 11 is 0. The van der Waals surface area contributed by atoms with Gasteiger partial charge in [-0.3, -0.25) is 9.69 Å². The van der Waals surface area contributed by atoms with Gasteiger partial charge in [-0.25, -0.2) is 4.58 Å². The van der Waals surface area contributed by atoms with Crippen molar-refractivity contribution < 1.29 is 33.3 Å². The zero-order valence-electron chi connectivity index (χ0n) is 13.8. The number of hydrogen-bond donors (Lipinski definition) is 0. The Hall–Kier alpha value is -1.17. The van der Waals surface area contributed by atoms with Gasteiger partial charge >= 0.3 is 0 Å². The quantitative estimate of drug-likeness (QED) is 0.521. The van der Waals surface area contributed by atoms with Gasteiger partial charge in [-0.2, -0.15) is 0 Å². The normalized spacial score (nSPS) is 16.7. The first kappa shape index (κ1) is 18.9. The van der Waals surface area contributed by atoms with Crippen molar-refractivity contribution in [2.24, 2.45) is 5.41 Å². The third kappa shape index (κ3) is 4.18. The van der Waals surface area contributed by atoms with E-state index in [0.29, 0.717) is 0 Å². The summed E-state index contributed by atoms with van der Waals surface area (Å²) < 4.78 is 2.39. The van der Waals surface area contributed by atoms with E-state index in [9.17, 15) is 4.79 Å². The Morgan fingerprint density at radius 3 is 2.50 bits per heavy atom. The zero-order chi connectivity index (χ0) is 15.5. The van der Waals surface area contributed by atoms with Crippen molar-refractivity contribution in [3.63, 3.8) is 0 Å². The highest BCUT2D eigenvalue weighted by Gasteiger charge is 2.37. The average Bonchev–Trinajstić information content (AvgIpc) is 2.75. The number of anilines is 1. The van der Waals surface area contributed by atoms with E-state index < -0.39 is 0 Å². The molecule has 3 nitrogen and oxygen atoms in total. The lowest BCUT2D eigenvalue weighted by molar-refractivity contribution is -0.515. The molecule has 0 atom stereocenters. The van der Waals surface area contributed by atoms with Gasteiger partial charge in [0, 0.05) is 31.3 Å². The Kier molecular flexibility index (Phi) is 6.78. The SMILES string of the molecule is CC[N+]1=C(C=CN(C(C)=O)c2ccccc2)C(C)(C)CC1.[I-]. The van der Waals surface area contributed by atoms with Crippen LogP contribution in [-0.4, -0.2) is 29.3 Å². The molecule has 1 aliphatic rings. The summed E-state index contributed by atoms with van der Waals surface area (Å²) in [6, 6.07) is 9.76. The standard InChI is InChI=1S/C18H25N2O.HI/c1-5-19-14-12-18(3,4)17(19)11-13-20(15(2)21)16-9-7-6-8-10-16;/h6-11,13H,5,12,14H2,1-4H3;1H/q+1;/p-1. The molecule has 1 aliphatic heterocycles. The van der Waals surface area contributed by atoms with Crippen LogP contribution in [0.5, 0.6) is 0 Å². The lowest BCUT2D eigenvalue weighted by Crippen LogP contribution is -3.00. The number of allylic oxidation sites excluding steroid dienone is 1. The summed E-state index contributed by atoms with van der Waals surface area (Å²) in [5, 5.41) is 0. The summed E-state index contributed by atoms with van der Waals surface area (Å²) in [6.45, 7) is 10.4. The number of nitrogens with zero attached hydrogens (tertiary/aromatic N) is 2. The smallest absolute Gasteiger partial charge is 0.227 e. The summed E-state index contributed by atoms with van der Waals surface area (Å²) in [7, 11) is 0. The van der Waals surface area contributed by atoms with Gasteiger partial charge in [0.1, 0.15) is 13.1 Å². The number of hydrogen-bond acceptors (Lipinski definition) is 1. The molecular weight excluding hydrogens is 387 g/mol. The zero-order valence-corrected chi connectivity index (χ0v) is 16.0. The molecule has 2 rings (SSSR count). The molecule has 0 saturated carbocycles. The molecule has 0 aliphatic carbocycles. The predicted octanol–water partition coefficient (Wildman–Crippen LogP) is 0.461. The maximum absolute atomic E-state index is 11.9. The Morgan fingerprint density at radius 1 is 1.32 bits per heavy atom. The van der Waals surface area contributed by atoms with Crippen molar-refractivity contribution in [2.45, 2.75) is 34.1 Å². The molecule has 0 fully saturated rings. The van der Waals surface area contributed by atoms with Crippen molar-refractivity contribution in [3.8, 4) is 0 Å². The number of halogens is 1. The molecule has 1 aromatic carbocycles.